The topological polar surface area (TPSA) is 87.2 Å². The van der Waals surface area contributed by atoms with E-state index >= 15 is 0 Å². The van der Waals surface area contributed by atoms with Crippen LogP contribution in [0.4, 0.5) is 0 Å². The van der Waals surface area contributed by atoms with Gasteiger partial charge in [-0.25, -0.2) is 8.42 Å². The largest absolute Gasteiger partial charge is 0.393 e. The Morgan fingerprint density at radius 1 is 1.23 bits per heavy atom. The molecule has 0 spiro atoms. The lowest BCUT2D eigenvalue weighted by molar-refractivity contribution is -0.135. The summed E-state index contributed by atoms with van der Waals surface area (Å²) in [7, 11) is -2.47. The normalized spacial score (nSPS) is 26.5. The van der Waals surface area contributed by atoms with Gasteiger partial charge in [-0.2, -0.15) is 4.31 Å². The predicted octanol–water partition coefficient (Wildman–Crippen LogP) is 2.78. The van der Waals surface area contributed by atoms with Gasteiger partial charge in [-0.15, -0.1) is 0 Å². The maximum absolute atomic E-state index is 13.7. The van der Waals surface area contributed by atoms with Crippen molar-refractivity contribution in [2.24, 2.45) is 5.92 Å². The van der Waals surface area contributed by atoms with Crippen LogP contribution in [0.1, 0.15) is 32.6 Å². The summed E-state index contributed by atoms with van der Waals surface area (Å²) in [4.78, 5) is 15.0. The molecule has 1 aromatic carbocycles. The number of carbonyl (C=O) groups is 1. The Kier molecular flexibility index (Phi) is 7.69. The summed E-state index contributed by atoms with van der Waals surface area (Å²) in [5, 5.41) is 10.5. The fraction of sp³-hybridized carbons (Fsp3) is 0.650. The van der Waals surface area contributed by atoms with Gasteiger partial charge in [-0.3, -0.25) is 4.79 Å². The van der Waals surface area contributed by atoms with Gasteiger partial charge in [0.15, 0.2) is 0 Å². The van der Waals surface area contributed by atoms with Gasteiger partial charge in [0, 0.05) is 36.3 Å². The van der Waals surface area contributed by atoms with Crippen molar-refractivity contribution in [1.82, 2.24) is 9.21 Å². The molecule has 1 N–H and O–H groups in total. The summed E-state index contributed by atoms with van der Waals surface area (Å²) in [6, 6.07) is 3.01. The fourth-order valence-electron chi connectivity index (χ4n) is 4.60. The smallest absolute Gasteiger partial charge is 0.244 e. The third kappa shape index (κ3) is 4.95. The Hall–Kier alpha value is -0.900. The van der Waals surface area contributed by atoms with E-state index in [0.717, 1.165) is 6.42 Å². The van der Waals surface area contributed by atoms with E-state index in [9.17, 15) is 18.3 Å². The van der Waals surface area contributed by atoms with Crippen molar-refractivity contribution in [2.75, 3.05) is 26.8 Å². The molecule has 2 saturated heterocycles. The number of halogens is 2. The number of fused-ring (bicyclic) bond motifs is 2. The monoisotopic (exact) mass is 478 g/mol. The highest BCUT2D eigenvalue weighted by atomic mass is 35.5. The van der Waals surface area contributed by atoms with Gasteiger partial charge in [0.25, 0.3) is 0 Å². The lowest BCUT2D eigenvalue weighted by atomic mass is 9.87. The van der Waals surface area contributed by atoms with E-state index < -0.39 is 28.2 Å². The fourth-order valence-corrected chi connectivity index (χ4v) is 7.22. The maximum atomic E-state index is 13.7. The van der Waals surface area contributed by atoms with Crippen LogP contribution in [0.3, 0.4) is 0 Å². The molecule has 7 nitrogen and oxygen atoms in total. The molecular formula is C20H28Cl2N2O5S. The van der Waals surface area contributed by atoms with E-state index in [2.05, 4.69) is 0 Å². The number of aliphatic hydroxyl groups is 1. The minimum atomic E-state index is -4.03. The third-order valence-corrected chi connectivity index (χ3v) is 8.18. The van der Waals surface area contributed by atoms with E-state index in [1.165, 1.54) is 22.5 Å². The van der Waals surface area contributed by atoms with Crippen LogP contribution in [0.15, 0.2) is 23.1 Å². The number of amides is 1. The summed E-state index contributed by atoms with van der Waals surface area (Å²) in [5.41, 5.74) is 0. The molecule has 4 atom stereocenters. The molecule has 1 amide bonds. The van der Waals surface area contributed by atoms with E-state index in [1.54, 1.807) is 18.9 Å². The van der Waals surface area contributed by atoms with Crippen LogP contribution in [-0.2, 0) is 19.6 Å². The summed E-state index contributed by atoms with van der Waals surface area (Å²) in [6.07, 6.45) is 1.62. The zero-order valence-corrected chi connectivity index (χ0v) is 19.5. The lowest BCUT2D eigenvalue weighted by Gasteiger charge is -2.41. The van der Waals surface area contributed by atoms with E-state index in [1.807, 2.05) is 0 Å². The molecule has 2 fully saturated rings. The number of methoxy groups -OCH3 is 1. The first-order valence-electron chi connectivity index (χ1n) is 10.1. The average molecular weight is 479 g/mol. The quantitative estimate of drug-likeness (QED) is 0.650. The Labute approximate surface area is 187 Å². The van der Waals surface area contributed by atoms with Crippen LogP contribution in [0, 0.1) is 5.92 Å². The third-order valence-electron chi connectivity index (χ3n) is 5.83. The average Bonchev–Trinajstić information content (AvgIpc) is 2.73. The van der Waals surface area contributed by atoms with E-state index in [4.69, 9.17) is 27.9 Å². The van der Waals surface area contributed by atoms with Crippen molar-refractivity contribution in [1.29, 1.82) is 0 Å². The van der Waals surface area contributed by atoms with Crippen molar-refractivity contribution in [2.45, 2.75) is 55.7 Å². The number of carbonyl (C=O) groups excluding carboxylic acids is 1. The summed E-state index contributed by atoms with van der Waals surface area (Å²) in [6.45, 7) is 2.81. The second kappa shape index (κ2) is 9.71. The number of benzene rings is 1. The van der Waals surface area contributed by atoms with Gasteiger partial charge < -0.3 is 14.7 Å². The summed E-state index contributed by atoms with van der Waals surface area (Å²) in [5.74, 6) is -0.415. The van der Waals surface area contributed by atoms with Gasteiger partial charge in [-0.1, -0.05) is 23.2 Å². The molecule has 0 saturated carbocycles. The maximum Gasteiger partial charge on any atom is 0.244 e. The number of rotatable bonds is 7. The van der Waals surface area contributed by atoms with Crippen LogP contribution in [0.5, 0.6) is 0 Å². The molecule has 168 valence electrons. The van der Waals surface area contributed by atoms with Gasteiger partial charge in [0.2, 0.25) is 15.9 Å². The molecule has 2 unspecified atom stereocenters. The van der Waals surface area contributed by atoms with Crippen molar-refractivity contribution >= 4 is 39.1 Å². The van der Waals surface area contributed by atoms with Crippen molar-refractivity contribution in [3.63, 3.8) is 0 Å². The molecule has 1 aromatic rings. The molecule has 2 aliphatic heterocycles. The molecule has 2 heterocycles. The van der Waals surface area contributed by atoms with Gasteiger partial charge in [0.1, 0.15) is 6.04 Å². The van der Waals surface area contributed by atoms with Crippen LogP contribution >= 0.6 is 23.2 Å². The zero-order chi connectivity index (χ0) is 22.1. The SMILES string of the molecule is COCCN1C[C@H](C[C@H](C)O)C2CCCC(C1=O)N2S(=O)(=O)c1cc(Cl)cc(Cl)c1. The van der Waals surface area contributed by atoms with Gasteiger partial charge in [0.05, 0.1) is 17.6 Å². The van der Waals surface area contributed by atoms with Crippen LogP contribution in [0.25, 0.3) is 0 Å². The molecule has 0 radical (unpaired) electrons. The Balaban J connectivity index is 2.08. The van der Waals surface area contributed by atoms with E-state index in [0.29, 0.717) is 39.0 Å². The van der Waals surface area contributed by atoms with Crippen LogP contribution in [0.2, 0.25) is 10.0 Å². The van der Waals surface area contributed by atoms with Gasteiger partial charge in [-0.05, 0) is 56.7 Å². The molecule has 30 heavy (non-hydrogen) atoms. The van der Waals surface area contributed by atoms with Crippen LogP contribution < -0.4 is 0 Å². The van der Waals surface area contributed by atoms with Crippen molar-refractivity contribution < 1.29 is 23.1 Å². The number of aliphatic hydroxyl groups excluding tert-OH is 1. The van der Waals surface area contributed by atoms with Gasteiger partial charge >= 0.3 is 0 Å². The van der Waals surface area contributed by atoms with Crippen molar-refractivity contribution in [3.8, 4) is 0 Å². The second-order valence-electron chi connectivity index (χ2n) is 8.08. The Morgan fingerprint density at radius 3 is 2.50 bits per heavy atom. The summed E-state index contributed by atoms with van der Waals surface area (Å²) >= 11 is 12.1. The summed E-state index contributed by atoms with van der Waals surface area (Å²) < 4.78 is 33.9. The standard InChI is InChI=1S/C20H28Cl2N2O5S/c1-13(25)8-14-12-23(6-7-29-2)20(26)19-5-3-4-18(14)24(19)30(27,28)17-10-15(21)9-16(22)11-17/h9-11,13-14,18-19,25H,3-8,12H2,1-2H3/t13-,14-,18?,19?/m0/s1. The number of nitrogens with zero attached hydrogens (tertiary/aromatic N) is 2. The van der Waals surface area contributed by atoms with E-state index in [-0.39, 0.29) is 26.8 Å². The second-order valence-corrected chi connectivity index (χ2v) is 10.8. The molecule has 2 aliphatic rings. The minimum absolute atomic E-state index is 0.0224. The highest BCUT2D eigenvalue weighted by Gasteiger charge is 2.50. The predicted molar refractivity (Wildman–Crippen MR) is 115 cm³/mol. The number of hydrogen-bond acceptors (Lipinski definition) is 5. The van der Waals surface area contributed by atoms with Crippen molar-refractivity contribution in [3.05, 3.63) is 28.2 Å². The highest BCUT2D eigenvalue weighted by Crippen LogP contribution is 2.39. The first kappa shape index (κ1) is 23.8. The zero-order valence-electron chi connectivity index (χ0n) is 17.1. The Bertz CT molecular complexity index is 860. The van der Waals surface area contributed by atoms with Crippen LogP contribution in [-0.4, -0.2) is 73.6 Å². The number of piperidine rings is 1. The number of sulfonamides is 1. The molecular weight excluding hydrogens is 451 g/mol. The minimum Gasteiger partial charge on any atom is -0.393 e. The Morgan fingerprint density at radius 2 is 1.90 bits per heavy atom. The molecule has 0 aromatic heterocycles. The highest BCUT2D eigenvalue weighted by molar-refractivity contribution is 7.89. The lowest BCUT2D eigenvalue weighted by Crippen LogP contribution is -2.55. The number of hydrogen-bond donors (Lipinski definition) is 1. The first-order chi connectivity index (χ1) is 14.1. The molecule has 10 heteroatoms. The first-order valence-corrected chi connectivity index (χ1v) is 12.3. The molecule has 2 bridgehead atoms. The molecule has 3 rings (SSSR count). The number of ether oxygens (including phenoxy) is 1. The molecule has 0 aliphatic carbocycles.